The number of aryl methyl sites for hydroxylation is 1. The summed E-state index contributed by atoms with van der Waals surface area (Å²) in [6.45, 7) is 12.5. The van der Waals surface area contributed by atoms with Gasteiger partial charge in [-0.15, -0.1) is 68.4 Å². The first-order valence-corrected chi connectivity index (χ1v) is 35.8. The number of thiazole rings is 5. The second kappa shape index (κ2) is 30.3. The predicted molar refractivity (Wildman–Crippen MR) is 361 cm³/mol. The molecule has 1 aromatic carbocycles. The van der Waals surface area contributed by atoms with Gasteiger partial charge in [0.05, 0.1) is 53.5 Å². The lowest BCUT2D eigenvalue weighted by atomic mass is 10.0. The Morgan fingerprint density at radius 1 is 0.830 bits per heavy atom. The minimum atomic E-state index is -1.25. The Morgan fingerprint density at radius 2 is 1.62 bits per heavy atom. The van der Waals surface area contributed by atoms with Gasteiger partial charge in [0.1, 0.15) is 89.2 Å². The molecular formula is C62H70N16O10S6. The van der Waals surface area contributed by atoms with Crippen LogP contribution in [0.25, 0.3) is 32.7 Å². The second-order valence-corrected chi connectivity index (χ2v) is 28.9. The van der Waals surface area contributed by atoms with E-state index in [9.17, 15) is 38.7 Å². The third-order valence-corrected chi connectivity index (χ3v) is 22.3. The van der Waals surface area contributed by atoms with Gasteiger partial charge < -0.3 is 56.3 Å². The molecule has 4 aliphatic rings. The fraction of sp³-hybridized carbons (Fsp3) is 0.435. The molecule has 32 heteroatoms. The van der Waals surface area contributed by atoms with Gasteiger partial charge in [0.15, 0.2) is 6.04 Å². The number of nitrogens with one attached hydrogen (secondary N) is 6. The molecule has 10 bridgehead atoms. The molecule has 0 saturated carbocycles. The molecule has 494 valence electrons. The Balaban J connectivity index is 0.928. The number of hydrogen-bond donors (Lipinski definition) is 7. The summed E-state index contributed by atoms with van der Waals surface area (Å²) in [5.74, 6) is -2.89. The summed E-state index contributed by atoms with van der Waals surface area (Å²) >= 11 is 7.47. The largest absolute Gasteiger partial charge is 0.474 e. The number of carbonyl (C=O) groups excluding carboxylic acids is 7. The Labute approximate surface area is 565 Å². The number of likely N-dealkylation sites (tertiary alicyclic amines) is 1. The zero-order valence-electron chi connectivity index (χ0n) is 52.4. The first-order chi connectivity index (χ1) is 45.4. The number of amides is 7. The standard InChI is InChI=1S/C62H70N16O10S6/c1-8-77(9-2)21-19-64-52(83)40-16-13-20-78(40)62(86)36-25-88-55(69-36)41-23-66-57(93-41)34-18-17-33-47(67-34)37-27-90-58(70-37)39-29-91-60(72-39)49(50(81)32-14-11-10-12-15-32)73-44(80)24-65-53(84)48-42(26-87-7)94-61(76-48)45(30(3)4)74-54(85)46-31(5)92-59(75-46)35(22-43(79)63-6)68-51(82)38-28-89-56(33)71-38/h10-12,14-15,17-18,23,27-28,30,35-36,39-40,45,49-50,81H,8-9,13,16,19-22,24-26,29H2,1-7H3,(H,63,79)(H,64,83)(H,65,84)(H,68,82)(H,73,80)(H,74,85). The average Bonchev–Trinajstić information content (AvgIpc) is 1.74. The fourth-order valence-corrected chi connectivity index (χ4v) is 17.0. The zero-order chi connectivity index (χ0) is 66.3. The van der Waals surface area contributed by atoms with Crippen LogP contribution >= 0.6 is 68.4 Å². The Morgan fingerprint density at radius 3 is 2.38 bits per heavy atom. The summed E-state index contributed by atoms with van der Waals surface area (Å²) < 4.78 is 11.5. The molecule has 26 nitrogen and oxygen atoms in total. The van der Waals surface area contributed by atoms with Crippen molar-refractivity contribution in [3.63, 3.8) is 0 Å². The summed E-state index contributed by atoms with van der Waals surface area (Å²) in [6, 6.07) is 7.74. The molecule has 6 aromatic heterocycles. The number of aliphatic imine (C=N–C) groups is 2. The number of carbonyl (C=O) groups is 7. The van der Waals surface area contributed by atoms with E-state index in [1.165, 1.54) is 71.3 Å². The topological polar surface area (TPSA) is 339 Å². The number of nitrogens with zero attached hydrogens (tertiary/aromatic N) is 10. The maximum Gasteiger partial charge on any atom is 0.271 e. The number of thioether (sulfide) groups is 1. The summed E-state index contributed by atoms with van der Waals surface area (Å²) in [5.41, 5.74) is 2.45. The maximum absolute atomic E-state index is 14.4. The quantitative estimate of drug-likeness (QED) is 0.0558. The molecular weight excluding hydrogens is 1320 g/mol. The van der Waals surface area contributed by atoms with Crippen LogP contribution in [0, 0.1) is 12.8 Å². The maximum atomic E-state index is 14.4. The smallest absolute Gasteiger partial charge is 0.271 e. The highest BCUT2D eigenvalue weighted by molar-refractivity contribution is 8.14. The first kappa shape index (κ1) is 67.6. The monoisotopic (exact) mass is 1390 g/mol. The molecule has 0 radical (unpaired) electrons. The number of aliphatic hydroxyl groups is 1. The molecule has 7 unspecified atom stereocenters. The molecule has 7 N–H and O–H groups in total. The lowest BCUT2D eigenvalue weighted by Gasteiger charge is -2.26. The highest BCUT2D eigenvalue weighted by Gasteiger charge is 2.41. The number of aromatic nitrogens is 6. The van der Waals surface area contributed by atoms with E-state index in [4.69, 9.17) is 49.4 Å². The van der Waals surface area contributed by atoms with Gasteiger partial charge >= 0.3 is 0 Å². The minimum absolute atomic E-state index is 0.00234. The van der Waals surface area contributed by atoms with E-state index in [0.29, 0.717) is 111 Å². The number of rotatable bonds is 16. The number of hydrogen-bond acceptors (Lipinski definition) is 25. The number of fused-ring (bicyclic) bond motifs is 13. The van der Waals surface area contributed by atoms with Crippen LogP contribution in [0.15, 0.2) is 69.4 Å². The highest BCUT2D eigenvalue weighted by atomic mass is 32.2. The van der Waals surface area contributed by atoms with Crippen LogP contribution in [-0.4, -0.2) is 181 Å². The van der Waals surface area contributed by atoms with Crippen molar-refractivity contribution in [2.45, 2.75) is 103 Å². The van der Waals surface area contributed by atoms with Crippen molar-refractivity contribution < 1.29 is 48.1 Å². The molecule has 7 amide bonds. The van der Waals surface area contributed by atoms with E-state index < -0.39 is 78.4 Å². The van der Waals surface area contributed by atoms with Crippen LogP contribution in [-0.2, 0) is 35.3 Å². The summed E-state index contributed by atoms with van der Waals surface area (Å²) in [7, 11) is 2.96. The van der Waals surface area contributed by atoms with Crippen molar-refractivity contribution in [1.29, 1.82) is 0 Å². The second-order valence-electron chi connectivity index (χ2n) is 22.7. The highest BCUT2D eigenvalue weighted by Crippen LogP contribution is 2.41. The van der Waals surface area contributed by atoms with Gasteiger partial charge in [-0.1, -0.05) is 58.0 Å². The number of methoxy groups -OCH3 is 1. The van der Waals surface area contributed by atoms with Crippen LogP contribution in [0.1, 0.15) is 138 Å². The summed E-state index contributed by atoms with van der Waals surface area (Å²) in [5, 5.41) is 35.4. The predicted octanol–water partition coefficient (Wildman–Crippen LogP) is 6.30. The van der Waals surface area contributed by atoms with Gasteiger partial charge in [0, 0.05) is 60.7 Å². The molecule has 1 fully saturated rings. The van der Waals surface area contributed by atoms with E-state index in [1.54, 1.807) is 53.7 Å². The van der Waals surface area contributed by atoms with Crippen molar-refractivity contribution in [3.8, 4) is 32.7 Å². The lowest BCUT2D eigenvalue weighted by Crippen LogP contribution is -2.50. The number of likely N-dealkylation sites (N-methyl/N-ethyl adjacent to an activating group) is 1. The van der Waals surface area contributed by atoms with Crippen molar-refractivity contribution in [2.75, 3.05) is 65.8 Å². The minimum Gasteiger partial charge on any atom is -0.474 e. The average molecular weight is 1390 g/mol. The third kappa shape index (κ3) is 15.1. The van der Waals surface area contributed by atoms with Gasteiger partial charge in [-0.3, -0.25) is 38.6 Å². The van der Waals surface area contributed by atoms with Gasteiger partial charge in [-0.2, -0.15) is 0 Å². The summed E-state index contributed by atoms with van der Waals surface area (Å²) in [6.07, 6.45) is 1.40. The first-order valence-electron chi connectivity index (χ1n) is 30.6. The molecule has 1 saturated heterocycles. The van der Waals surface area contributed by atoms with E-state index in [2.05, 4.69) is 50.6 Å². The van der Waals surface area contributed by atoms with Gasteiger partial charge in [0.2, 0.25) is 23.6 Å². The van der Waals surface area contributed by atoms with Crippen LogP contribution in [0.3, 0.4) is 0 Å². The molecule has 0 spiro atoms. The van der Waals surface area contributed by atoms with Crippen molar-refractivity contribution in [1.82, 2.24) is 71.6 Å². The Hall–Kier alpha value is -7.82. The van der Waals surface area contributed by atoms with Crippen molar-refractivity contribution in [3.05, 3.63) is 112 Å². The van der Waals surface area contributed by atoms with Crippen molar-refractivity contribution >= 4 is 121 Å². The van der Waals surface area contributed by atoms with E-state index >= 15 is 0 Å². The zero-order valence-corrected chi connectivity index (χ0v) is 57.3. The number of benzene rings is 1. The van der Waals surface area contributed by atoms with E-state index in [1.807, 2.05) is 31.4 Å². The van der Waals surface area contributed by atoms with E-state index in [-0.39, 0.29) is 60.3 Å². The van der Waals surface area contributed by atoms with Crippen molar-refractivity contribution in [2.24, 2.45) is 15.9 Å². The Kier molecular flexibility index (Phi) is 21.8. The van der Waals surface area contributed by atoms with Gasteiger partial charge in [-0.05, 0) is 56.5 Å². The van der Waals surface area contributed by atoms with Crippen LogP contribution in [0.4, 0.5) is 0 Å². The number of pyridine rings is 1. The van der Waals surface area contributed by atoms with Gasteiger partial charge in [-0.25, -0.2) is 34.9 Å². The molecule has 94 heavy (non-hydrogen) atoms. The molecule has 4 aliphatic heterocycles. The molecule has 7 atom stereocenters. The van der Waals surface area contributed by atoms with Crippen LogP contribution in [0.5, 0.6) is 0 Å². The molecule has 11 rings (SSSR count). The Bertz CT molecular complexity index is 4030. The third-order valence-electron chi connectivity index (χ3n) is 16.1. The SMILES string of the molecule is CCN(CC)CCNC(=O)C1CCCN1C(=O)C1COC(c2cnc(-c3ccc4c(n3)-c3csc(n3)C3CSC(=N3)C(C(O)c3ccccc3)NC(=O)CNC(=O)c3nc(sc3COC)C(C(C)C)NC(=O)c3nc(sc3C)C(CC(=O)NC)NC(=O)c3csc-4n3)s2)=N1. The summed E-state index contributed by atoms with van der Waals surface area (Å²) in [4.78, 5) is 142. The fourth-order valence-electron chi connectivity index (χ4n) is 11.0. The normalized spacial score (nSPS) is 20.6. The van der Waals surface area contributed by atoms with Crippen LogP contribution < -0.4 is 31.9 Å². The lowest BCUT2D eigenvalue weighted by molar-refractivity contribution is -0.139. The van der Waals surface area contributed by atoms with E-state index in [0.717, 1.165) is 24.4 Å². The molecule has 10 heterocycles. The number of aliphatic hydroxyl groups excluding tert-OH is 1. The van der Waals surface area contributed by atoms with Gasteiger partial charge in [0.25, 0.3) is 23.6 Å². The van der Waals surface area contributed by atoms with Crippen LogP contribution in [0.2, 0.25) is 0 Å². The molecule has 7 aromatic rings. The number of ether oxygens (including phenoxy) is 2. The molecule has 0 aliphatic carbocycles.